The van der Waals surface area contributed by atoms with Gasteiger partial charge in [-0.2, -0.15) is 0 Å². The monoisotopic (exact) mass is 367 g/mol. The number of nitrogens with zero attached hydrogens (tertiary/aromatic N) is 1. The number of anilines is 1. The summed E-state index contributed by atoms with van der Waals surface area (Å²) in [4.78, 5) is 12.1. The van der Waals surface area contributed by atoms with E-state index in [1.807, 2.05) is 54.6 Å². The Hall–Kier alpha value is -3.19. The van der Waals surface area contributed by atoms with E-state index in [9.17, 15) is 4.79 Å². The predicted molar refractivity (Wildman–Crippen MR) is 102 cm³/mol. The maximum Gasteiger partial charge on any atom is 0.262 e. The SMILES string of the molecule is Cc1nocc1C(=O)NC(=S)Nc1cccc(OCc2ccccc2)c1. The Labute approximate surface area is 156 Å². The van der Waals surface area contributed by atoms with Crippen molar-refractivity contribution in [3.63, 3.8) is 0 Å². The molecule has 0 atom stereocenters. The van der Waals surface area contributed by atoms with Gasteiger partial charge in [-0.15, -0.1) is 0 Å². The maximum atomic E-state index is 12.1. The van der Waals surface area contributed by atoms with Crippen LogP contribution in [0.15, 0.2) is 65.4 Å². The molecule has 0 unspecified atom stereocenters. The molecule has 0 aliphatic carbocycles. The zero-order valence-corrected chi connectivity index (χ0v) is 14.9. The highest BCUT2D eigenvalue weighted by atomic mass is 32.1. The molecule has 132 valence electrons. The van der Waals surface area contributed by atoms with E-state index in [1.165, 1.54) is 6.26 Å². The minimum Gasteiger partial charge on any atom is -0.489 e. The summed E-state index contributed by atoms with van der Waals surface area (Å²) in [6.45, 7) is 2.15. The average molecular weight is 367 g/mol. The fourth-order valence-electron chi connectivity index (χ4n) is 2.25. The summed E-state index contributed by atoms with van der Waals surface area (Å²) in [5.41, 5.74) is 2.64. The summed E-state index contributed by atoms with van der Waals surface area (Å²) in [6.07, 6.45) is 1.28. The van der Waals surface area contributed by atoms with Gasteiger partial charge >= 0.3 is 0 Å². The summed E-state index contributed by atoms with van der Waals surface area (Å²) in [6, 6.07) is 17.2. The fraction of sp³-hybridized carbons (Fsp3) is 0.105. The van der Waals surface area contributed by atoms with E-state index >= 15 is 0 Å². The standard InChI is InChI=1S/C19H17N3O3S/c1-13-17(12-25-22-13)18(23)21-19(26)20-15-8-5-9-16(10-15)24-11-14-6-3-2-4-7-14/h2-10,12H,11H2,1H3,(H2,20,21,23,26). The van der Waals surface area contributed by atoms with Gasteiger partial charge in [0.1, 0.15) is 24.2 Å². The van der Waals surface area contributed by atoms with Crippen LogP contribution in [0.1, 0.15) is 21.6 Å². The lowest BCUT2D eigenvalue weighted by molar-refractivity contribution is 0.0976. The number of benzene rings is 2. The van der Waals surface area contributed by atoms with E-state index < -0.39 is 0 Å². The second kappa shape index (κ2) is 8.26. The van der Waals surface area contributed by atoms with Crippen LogP contribution in [0.3, 0.4) is 0 Å². The quantitative estimate of drug-likeness (QED) is 0.670. The zero-order chi connectivity index (χ0) is 18.4. The van der Waals surface area contributed by atoms with Gasteiger partial charge in [0.15, 0.2) is 5.11 Å². The van der Waals surface area contributed by atoms with Crippen LogP contribution in [0.2, 0.25) is 0 Å². The van der Waals surface area contributed by atoms with Gasteiger partial charge in [-0.25, -0.2) is 0 Å². The van der Waals surface area contributed by atoms with Gasteiger partial charge in [-0.1, -0.05) is 41.6 Å². The molecule has 1 heterocycles. The molecule has 0 saturated carbocycles. The number of amides is 1. The molecule has 6 nitrogen and oxygen atoms in total. The van der Waals surface area contributed by atoms with Crippen LogP contribution in [-0.2, 0) is 6.61 Å². The van der Waals surface area contributed by atoms with Crippen molar-refractivity contribution < 1.29 is 14.1 Å². The third-order valence-electron chi connectivity index (χ3n) is 3.56. The molecule has 3 rings (SSSR count). The van der Waals surface area contributed by atoms with Crippen molar-refractivity contribution in [3.05, 3.63) is 77.7 Å². The van der Waals surface area contributed by atoms with Crippen LogP contribution in [0.4, 0.5) is 5.69 Å². The summed E-state index contributed by atoms with van der Waals surface area (Å²) >= 11 is 5.18. The van der Waals surface area contributed by atoms with E-state index in [0.717, 1.165) is 5.56 Å². The molecule has 7 heteroatoms. The zero-order valence-electron chi connectivity index (χ0n) is 14.1. The van der Waals surface area contributed by atoms with Crippen LogP contribution in [0, 0.1) is 6.92 Å². The van der Waals surface area contributed by atoms with Gasteiger partial charge < -0.3 is 14.6 Å². The number of hydrogen-bond acceptors (Lipinski definition) is 5. The number of carbonyl (C=O) groups excluding carboxylic acids is 1. The number of aromatic nitrogens is 1. The summed E-state index contributed by atoms with van der Waals surface area (Å²) in [5, 5.41) is 9.40. The van der Waals surface area contributed by atoms with Gasteiger partial charge in [0.2, 0.25) is 0 Å². The predicted octanol–water partition coefficient (Wildman–Crippen LogP) is 3.69. The number of ether oxygens (including phenoxy) is 1. The van der Waals surface area contributed by atoms with E-state index in [0.29, 0.717) is 29.3 Å². The first-order valence-electron chi connectivity index (χ1n) is 7.92. The Balaban J connectivity index is 1.57. The molecule has 3 aromatic rings. The van der Waals surface area contributed by atoms with Crippen molar-refractivity contribution in [2.45, 2.75) is 13.5 Å². The lowest BCUT2D eigenvalue weighted by Gasteiger charge is -2.11. The highest BCUT2D eigenvalue weighted by Gasteiger charge is 2.14. The number of aryl methyl sites for hydroxylation is 1. The van der Waals surface area contributed by atoms with Gasteiger partial charge in [-0.05, 0) is 36.8 Å². The summed E-state index contributed by atoms with van der Waals surface area (Å²) in [7, 11) is 0. The highest BCUT2D eigenvalue weighted by molar-refractivity contribution is 7.80. The second-order valence-electron chi connectivity index (χ2n) is 5.52. The maximum absolute atomic E-state index is 12.1. The van der Waals surface area contributed by atoms with Crippen LogP contribution in [0.25, 0.3) is 0 Å². The Morgan fingerprint density at radius 2 is 2.00 bits per heavy atom. The molecule has 0 fully saturated rings. The van der Waals surface area contributed by atoms with Crippen LogP contribution in [0.5, 0.6) is 5.75 Å². The van der Waals surface area contributed by atoms with Crippen LogP contribution in [-0.4, -0.2) is 16.2 Å². The highest BCUT2D eigenvalue weighted by Crippen LogP contribution is 2.18. The molecule has 2 N–H and O–H groups in total. The molecule has 2 aromatic carbocycles. The Kier molecular flexibility index (Phi) is 5.60. The van der Waals surface area contributed by atoms with Gasteiger partial charge in [0.25, 0.3) is 5.91 Å². The first kappa shape index (κ1) is 17.6. The van der Waals surface area contributed by atoms with Gasteiger partial charge in [0, 0.05) is 11.8 Å². The van der Waals surface area contributed by atoms with E-state index in [2.05, 4.69) is 15.8 Å². The minimum absolute atomic E-state index is 0.177. The molecule has 0 spiro atoms. The van der Waals surface area contributed by atoms with Crippen molar-refractivity contribution in [2.24, 2.45) is 0 Å². The second-order valence-corrected chi connectivity index (χ2v) is 5.93. The minimum atomic E-state index is -0.377. The van der Waals surface area contributed by atoms with E-state index in [1.54, 1.807) is 6.92 Å². The molecule has 0 bridgehead atoms. The van der Waals surface area contributed by atoms with E-state index in [4.69, 9.17) is 21.5 Å². The molecule has 1 amide bonds. The third-order valence-corrected chi connectivity index (χ3v) is 3.77. The van der Waals surface area contributed by atoms with Gasteiger partial charge in [0.05, 0.1) is 5.69 Å². The summed E-state index contributed by atoms with van der Waals surface area (Å²) in [5.74, 6) is 0.320. The topological polar surface area (TPSA) is 76.4 Å². The normalized spacial score (nSPS) is 10.2. The van der Waals surface area contributed by atoms with Crippen molar-refractivity contribution in [1.29, 1.82) is 0 Å². The average Bonchev–Trinajstić information content (AvgIpc) is 3.07. The molecule has 1 aromatic heterocycles. The molecule has 0 aliphatic heterocycles. The van der Waals surface area contributed by atoms with Crippen molar-refractivity contribution in [3.8, 4) is 5.75 Å². The Morgan fingerprint density at radius 3 is 2.73 bits per heavy atom. The molecule has 0 radical (unpaired) electrons. The van der Waals surface area contributed by atoms with Crippen LogP contribution < -0.4 is 15.4 Å². The van der Waals surface area contributed by atoms with Gasteiger partial charge in [-0.3, -0.25) is 10.1 Å². The number of hydrogen-bond donors (Lipinski definition) is 2. The third kappa shape index (κ3) is 4.67. The lowest BCUT2D eigenvalue weighted by atomic mass is 10.2. The lowest BCUT2D eigenvalue weighted by Crippen LogP contribution is -2.34. The first-order valence-corrected chi connectivity index (χ1v) is 8.33. The fourth-order valence-corrected chi connectivity index (χ4v) is 2.46. The van der Waals surface area contributed by atoms with E-state index in [-0.39, 0.29) is 11.0 Å². The number of rotatable bonds is 5. The molecule has 0 saturated heterocycles. The van der Waals surface area contributed by atoms with Crippen molar-refractivity contribution in [2.75, 3.05) is 5.32 Å². The van der Waals surface area contributed by atoms with Crippen molar-refractivity contribution in [1.82, 2.24) is 10.5 Å². The van der Waals surface area contributed by atoms with Crippen LogP contribution >= 0.6 is 12.2 Å². The summed E-state index contributed by atoms with van der Waals surface area (Å²) < 4.78 is 10.5. The smallest absolute Gasteiger partial charge is 0.262 e. The number of carbonyl (C=O) groups is 1. The van der Waals surface area contributed by atoms with Crippen molar-refractivity contribution >= 4 is 28.9 Å². The number of nitrogens with one attached hydrogen (secondary N) is 2. The molecular weight excluding hydrogens is 350 g/mol. The molecule has 26 heavy (non-hydrogen) atoms. The molecule has 0 aliphatic rings. The Morgan fingerprint density at radius 1 is 1.19 bits per heavy atom. The molecular formula is C19H17N3O3S. The Bertz CT molecular complexity index is 909. The largest absolute Gasteiger partial charge is 0.489 e. The number of thiocarbonyl (C=S) groups is 1. The first-order chi connectivity index (χ1) is 12.6.